The predicted molar refractivity (Wildman–Crippen MR) is 78.8 cm³/mol. The first-order chi connectivity index (χ1) is 9.73. The van der Waals surface area contributed by atoms with E-state index in [4.69, 9.17) is 4.74 Å². The van der Waals surface area contributed by atoms with Crippen molar-refractivity contribution >= 4 is 17.8 Å². The zero-order valence-electron chi connectivity index (χ0n) is 13.3. The first kappa shape index (κ1) is 17.5. The van der Waals surface area contributed by atoms with Gasteiger partial charge >= 0.3 is 6.09 Å². The van der Waals surface area contributed by atoms with Crippen LogP contribution >= 0.6 is 0 Å². The third-order valence-corrected chi connectivity index (χ3v) is 3.35. The van der Waals surface area contributed by atoms with Gasteiger partial charge in [0, 0.05) is 18.9 Å². The summed E-state index contributed by atoms with van der Waals surface area (Å²) >= 11 is 0. The molecule has 6 nitrogen and oxygen atoms in total. The molecule has 1 heterocycles. The zero-order valence-corrected chi connectivity index (χ0v) is 13.3. The highest BCUT2D eigenvalue weighted by atomic mass is 16.6. The van der Waals surface area contributed by atoms with Crippen LogP contribution in [0.3, 0.4) is 0 Å². The van der Waals surface area contributed by atoms with Crippen molar-refractivity contribution in [2.45, 2.75) is 65.0 Å². The van der Waals surface area contributed by atoms with Crippen LogP contribution in [0.5, 0.6) is 0 Å². The average molecular weight is 298 g/mol. The Labute approximate surface area is 126 Å². The molecule has 0 bridgehead atoms. The normalized spacial score (nSPS) is 20.4. The van der Waals surface area contributed by atoms with Gasteiger partial charge in [0.05, 0.1) is 6.04 Å². The highest BCUT2D eigenvalue weighted by molar-refractivity contribution is 5.88. The van der Waals surface area contributed by atoms with Gasteiger partial charge in [-0.3, -0.25) is 9.59 Å². The highest BCUT2D eigenvalue weighted by Gasteiger charge is 2.30. The first-order valence-electron chi connectivity index (χ1n) is 7.53. The lowest BCUT2D eigenvalue weighted by atomic mass is 9.89. The summed E-state index contributed by atoms with van der Waals surface area (Å²) in [6, 6.07) is -0.668. The van der Waals surface area contributed by atoms with Crippen LogP contribution in [0.15, 0.2) is 0 Å². The van der Waals surface area contributed by atoms with Crippen LogP contribution < -0.4 is 10.6 Å². The van der Waals surface area contributed by atoms with E-state index in [1.54, 1.807) is 27.7 Å². The Morgan fingerprint density at radius 1 is 1.43 bits per heavy atom. The number of ether oxygens (including phenoxy) is 1. The largest absolute Gasteiger partial charge is 0.444 e. The monoisotopic (exact) mass is 298 g/mol. The van der Waals surface area contributed by atoms with E-state index in [2.05, 4.69) is 10.6 Å². The molecule has 0 saturated carbocycles. The number of amides is 2. The van der Waals surface area contributed by atoms with Crippen LogP contribution in [-0.4, -0.2) is 36.0 Å². The minimum Gasteiger partial charge on any atom is -0.444 e. The van der Waals surface area contributed by atoms with Crippen molar-refractivity contribution in [2.24, 2.45) is 5.92 Å². The van der Waals surface area contributed by atoms with Crippen LogP contribution in [0.1, 0.15) is 53.4 Å². The third kappa shape index (κ3) is 6.14. The number of hydrogen-bond donors (Lipinski definition) is 2. The van der Waals surface area contributed by atoms with E-state index in [9.17, 15) is 14.4 Å². The molecular formula is C15H26N2O4. The Balaban J connectivity index is 2.65. The fourth-order valence-electron chi connectivity index (χ4n) is 2.31. The Bertz CT molecular complexity index is 401. The first-order valence-corrected chi connectivity index (χ1v) is 7.53. The lowest BCUT2D eigenvalue weighted by Gasteiger charge is -2.27. The summed E-state index contributed by atoms with van der Waals surface area (Å²) in [5.41, 5.74) is -0.619. The van der Waals surface area contributed by atoms with Crippen LogP contribution in [0.4, 0.5) is 4.79 Å². The van der Waals surface area contributed by atoms with Gasteiger partial charge in [-0.1, -0.05) is 6.92 Å². The number of hydrogen-bond acceptors (Lipinski definition) is 4. The van der Waals surface area contributed by atoms with Gasteiger partial charge in [-0.25, -0.2) is 4.79 Å². The van der Waals surface area contributed by atoms with Crippen LogP contribution in [0.25, 0.3) is 0 Å². The molecule has 120 valence electrons. The van der Waals surface area contributed by atoms with Gasteiger partial charge in [0.25, 0.3) is 0 Å². The second-order valence-corrected chi connectivity index (χ2v) is 6.38. The van der Waals surface area contributed by atoms with Crippen molar-refractivity contribution in [2.75, 3.05) is 6.54 Å². The molecule has 21 heavy (non-hydrogen) atoms. The number of carbonyl (C=O) groups is 3. The molecule has 2 amide bonds. The van der Waals surface area contributed by atoms with Gasteiger partial charge < -0.3 is 15.4 Å². The van der Waals surface area contributed by atoms with Gasteiger partial charge in [0.2, 0.25) is 5.91 Å². The van der Waals surface area contributed by atoms with Crippen LogP contribution in [0, 0.1) is 5.92 Å². The van der Waals surface area contributed by atoms with Crippen LogP contribution in [-0.2, 0) is 14.3 Å². The predicted octanol–water partition coefficient (Wildman–Crippen LogP) is 1.78. The molecule has 2 N–H and O–H groups in total. The highest BCUT2D eigenvalue weighted by Crippen LogP contribution is 2.19. The van der Waals surface area contributed by atoms with Gasteiger partial charge in [0.15, 0.2) is 5.78 Å². The number of Topliss-reactive ketones (excluding diaryl/α,β-unsaturated/α-hetero) is 1. The van der Waals surface area contributed by atoms with E-state index in [1.165, 1.54) is 0 Å². The van der Waals surface area contributed by atoms with E-state index in [0.717, 1.165) is 12.8 Å². The molecular weight excluding hydrogens is 272 g/mol. The second kappa shape index (κ2) is 7.43. The fraction of sp³-hybridized carbons (Fsp3) is 0.800. The van der Waals surface area contributed by atoms with E-state index >= 15 is 0 Å². The Kier molecular flexibility index (Phi) is 6.18. The summed E-state index contributed by atoms with van der Waals surface area (Å²) in [6.07, 6.45) is 1.67. The molecule has 0 aromatic rings. The molecule has 1 rings (SSSR count). The van der Waals surface area contributed by atoms with Crippen molar-refractivity contribution in [1.29, 1.82) is 0 Å². The lowest BCUT2D eigenvalue weighted by Crippen LogP contribution is -2.47. The number of alkyl carbamates (subject to hydrolysis) is 1. The Morgan fingerprint density at radius 2 is 2.10 bits per heavy atom. The molecule has 2 atom stereocenters. The molecule has 0 aromatic carbocycles. The standard InChI is InChI=1S/C15H26N2O4/c1-5-12(18)11(17-14(20)21-15(2,3)4)9-10-7-6-8-16-13(10)19/h10-11H,5-9H2,1-4H3,(H,16,19)(H,17,20). The molecule has 0 aromatic heterocycles. The number of piperidine rings is 1. The maximum Gasteiger partial charge on any atom is 0.408 e. The maximum atomic E-state index is 12.0. The topological polar surface area (TPSA) is 84.5 Å². The molecule has 2 unspecified atom stereocenters. The summed E-state index contributed by atoms with van der Waals surface area (Å²) in [5, 5.41) is 5.39. The van der Waals surface area contributed by atoms with E-state index in [0.29, 0.717) is 19.4 Å². The lowest BCUT2D eigenvalue weighted by molar-refractivity contribution is -0.128. The van der Waals surface area contributed by atoms with Gasteiger partial charge in [-0.2, -0.15) is 0 Å². The maximum absolute atomic E-state index is 12.0. The molecule has 6 heteroatoms. The Hall–Kier alpha value is -1.59. The van der Waals surface area contributed by atoms with Crippen molar-refractivity contribution in [3.8, 4) is 0 Å². The molecule has 0 radical (unpaired) electrons. The van der Waals surface area contributed by atoms with Gasteiger partial charge in [-0.05, 0) is 40.0 Å². The van der Waals surface area contributed by atoms with Gasteiger partial charge in [0.1, 0.15) is 5.60 Å². The second-order valence-electron chi connectivity index (χ2n) is 6.38. The SMILES string of the molecule is CCC(=O)C(CC1CCCNC1=O)NC(=O)OC(C)(C)C. The minimum absolute atomic E-state index is 0.0406. The van der Waals surface area contributed by atoms with Crippen LogP contribution in [0.2, 0.25) is 0 Å². The van der Waals surface area contributed by atoms with Crippen molar-refractivity contribution < 1.29 is 19.1 Å². The summed E-state index contributed by atoms with van der Waals surface area (Å²) < 4.78 is 5.18. The number of ketones is 1. The summed E-state index contributed by atoms with van der Waals surface area (Å²) in [4.78, 5) is 35.6. The summed E-state index contributed by atoms with van der Waals surface area (Å²) in [7, 11) is 0. The molecule has 0 aliphatic carbocycles. The molecule has 1 aliphatic rings. The smallest absolute Gasteiger partial charge is 0.408 e. The molecule has 1 fully saturated rings. The molecule has 1 saturated heterocycles. The summed E-state index contributed by atoms with van der Waals surface area (Å²) in [6.45, 7) is 7.71. The zero-order chi connectivity index (χ0) is 16.0. The van der Waals surface area contributed by atoms with Crippen molar-refractivity contribution in [1.82, 2.24) is 10.6 Å². The summed E-state index contributed by atoms with van der Waals surface area (Å²) in [5.74, 6) is -0.352. The van der Waals surface area contributed by atoms with Gasteiger partial charge in [-0.15, -0.1) is 0 Å². The van der Waals surface area contributed by atoms with Crippen molar-refractivity contribution in [3.05, 3.63) is 0 Å². The third-order valence-electron chi connectivity index (χ3n) is 3.35. The quantitative estimate of drug-likeness (QED) is 0.810. The molecule has 0 spiro atoms. The number of rotatable bonds is 5. The van der Waals surface area contributed by atoms with Crippen molar-refractivity contribution in [3.63, 3.8) is 0 Å². The minimum atomic E-state index is -0.668. The number of nitrogens with one attached hydrogen (secondary N) is 2. The Morgan fingerprint density at radius 3 is 2.62 bits per heavy atom. The van der Waals surface area contributed by atoms with E-state index < -0.39 is 17.7 Å². The molecule has 1 aliphatic heterocycles. The van der Waals surface area contributed by atoms with E-state index in [-0.39, 0.29) is 17.6 Å². The number of carbonyl (C=O) groups excluding carboxylic acids is 3. The fourth-order valence-corrected chi connectivity index (χ4v) is 2.31. The van der Waals surface area contributed by atoms with E-state index in [1.807, 2.05) is 0 Å². The average Bonchev–Trinajstić information content (AvgIpc) is 2.37.